The number of methoxy groups -OCH3 is 1. The summed E-state index contributed by atoms with van der Waals surface area (Å²) in [5.41, 5.74) is 6.96. The Morgan fingerprint density at radius 2 is 1.47 bits per heavy atom. The molecule has 2 bridgehead atoms. The molecule has 4 heterocycles. The molecule has 3 fully saturated rings. The van der Waals surface area contributed by atoms with Crippen LogP contribution in [-0.4, -0.2) is 81.3 Å². The monoisotopic (exact) mass is 974 g/mol. The quantitative estimate of drug-likeness (QED) is 0.0778. The summed E-state index contributed by atoms with van der Waals surface area (Å²) in [4.78, 5) is 28.1. The maximum Gasteiger partial charge on any atom is 0.410 e. The third-order valence-corrected chi connectivity index (χ3v) is 14.6. The fourth-order valence-corrected chi connectivity index (χ4v) is 10.9. The van der Waals surface area contributed by atoms with Crippen LogP contribution in [0.15, 0.2) is 134 Å². The van der Waals surface area contributed by atoms with Gasteiger partial charge in [-0.15, -0.1) is 6.42 Å². The third kappa shape index (κ3) is 8.80. The van der Waals surface area contributed by atoms with Crippen LogP contribution in [0.25, 0.3) is 32.9 Å². The highest BCUT2D eigenvalue weighted by Gasteiger charge is 2.48. The summed E-state index contributed by atoms with van der Waals surface area (Å²) >= 11 is 0. The lowest BCUT2D eigenvalue weighted by Gasteiger charge is -2.36. The van der Waals surface area contributed by atoms with E-state index in [1.165, 1.54) is 0 Å². The largest absolute Gasteiger partial charge is 0.486 e. The molecule has 1 aliphatic carbocycles. The summed E-state index contributed by atoms with van der Waals surface area (Å²) in [6, 6.07) is 42.6. The van der Waals surface area contributed by atoms with Gasteiger partial charge in [0.25, 0.3) is 0 Å². The van der Waals surface area contributed by atoms with E-state index in [1.54, 1.807) is 13.2 Å². The first-order chi connectivity index (χ1) is 35.3. The van der Waals surface area contributed by atoms with Gasteiger partial charge >= 0.3 is 12.1 Å². The van der Waals surface area contributed by atoms with Gasteiger partial charge in [0.1, 0.15) is 41.5 Å². The van der Waals surface area contributed by atoms with E-state index in [4.69, 9.17) is 40.4 Å². The number of anilines is 1. The molecule has 370 valence electrons. The van der Waals surface area contributed by atoms with Crippen LogP contribution < -0.4 is 14.4 Å². The zero-order chi connectivity index (χ0) is 50.6. The summed E-state index contributed by atoms with van der Waals surface area (Å²) in [7, 11) is 1.64. The summed E-state index contributed by atoms with van der Waals surface area (Å²) in [6.07, 6.45) is 9.93. The molecule has 11 nitrogen and oxygen atoms in total. The Morgan fingerprint density at radius 1 is 0.822 bits per heavy atom. The lowest BCUT2D eigenvalue weighted by Crippen LogP contribution is -2.50. The van der Waals surface area contributed by atoms with Crippen molar-refractivity contribution < 1.29 is 28.1 Å². The van der Waals surface area contributed by atoms with Crippen molar-refractivity contribution in [1.29, 1.82) is 0 Å². The van der Waals surface area contributed by atoms with Crippen molar-refractivity contribution in [2.75, 3.05) is 31.7 Å². The molecular formula is C61H59FN6O5. The van der Waals surface area contributed by atoms with Gasteiger partial charge in [-0.25, -0.2) is 9.18 Å². The van der Waals surface area contributed by atoms with Crippen LogP contribution >= 0.6 is 0 Å². The Bertz CT molecular complexity index is 3290. The molecule has 1 saturated carbocycles. The highest BCUT2D eigenvalue weighted by molar-refractivity contribution is 6.06. The first-order valence-corrected chi connectivity index (χ1v) is 25.2. The van der Waals surface area contributed by atoms with Gasteiger partial charge in [0.2, 0.25) is 0 Å². The van der Waals surface area contributed by atoms with E-state index in [-0.39, 0.29) is 49.4 Å². The smallest absolute Gasteiger partial charge is 0.410 e. The van der Waals surface area contributed by atoms with Crippen LogP contribution in [0.1, 0.15) is 91.8 Å². The minimum atomic E-state index is -0.959. The number of hydrogen-bond donors (Lipinski definition) is 0. The first-order valence-electron chi connectivity index (χ1n) is 25.2. The number of fused-ring (bicyclic) bond motifs is 4. The van der Waals surface area contributed by atoms with Gasteiger partial charge in [-0.05, 0) is 111 Å². The molecule has 73 heavy (non-hydrogen) atoms. The van der Waals surface area contributed by atoms with E-state index in [1.807, 2.05) is 123 Å². The van der Waals surface area contributed by atoms with E-state index in [0.717, 1.165) is 69.0 Å². The molecule has 3 atom stereocenters. The second-order valence-electron chi connectivity index (χ2n) is 20.7. The molecule has 2 aromatic heterocycles. The molecular weight excluding hydrogens is 916 g/mol. The number of halogens is 1. The average Bonchev–Trinajstić information content (AvgIpc) is 3.84. The van der Waals surface area contributed by atoms with Crippen molar-refractivity contribution in [2.45, 2.75) is 95.7 Å². The molecule has 1 amide bonds. The number of piperazine rings is 1. The number of carbonyl (C=O) groups excluding carboxylic acids is 1. The van der Waals surface area contributed by atoms with Crippen LogP contribution in [0.5, 0.6) is 11.8 Å². The zero-order valence-electron chi connectivity index (χ0n) is 42.1. The van der Waals surface area contributed by atoms with Crippen molar-refractivity contribution in [3.05, 3.63) is 178 Å². The molecule has 8 aromatic rings. The predicted molar refractivity (Wildman–Crippen MR) is 283 cm³/mol. The standard InChI is InChI=1S/C61H59FN6O5/c1-8-40-24-26-41(27-25-40)37-71-56-54(53-39(3)51(62)32-52-50(53)35-68(65-52)61(43-18-12-9-13-19-43,44-20-14-10-15-21-44)45-22-16-11-17-23-45)48(42-28-29-42)31-49-55(56)63-58(72-36-38(2)70-7)64-57(49)66-33-47-30-46(66)34-67(47)59(69)73-60(4,5)6/h1,9-27,31-32,35,38,42,46-47H,28-30,33-34,36-37H2,2-7H3/t38-,46-,47-/m0/s1. The van der Waals surface area contributed by atoms with Gasteiger partial charge in [-0.2, -0.15) is 15.1 Å². The molecule has 2 aliphatic heterocycles. The molecule has 11 rings (SSSR count). The summed E-state index contributed by atoms with van der Waals surface area (Å²) in [6.45, 7) is 10.8. The van der Waals surface area contributed by atoms with Crippen LogP contribution in [0.4, 0.5) is 15.0 Å². The molecule has 12 heteroatoms. The fraction of sp³-hybridized carbons (Fsp3) is 0.311. The van der Waals surface area contributed by atoms with Crippen molar-refractivity contribution in [3.8, 4) is 35.2 Å². The Kier molecular flexibility index (Phi) is 12.4. The minimum Gasteiger partial charge on any atom is -0.486 e. The Morgan fingerprint density at radius 3 is 2.03 bits per heavy atom. The van der Waals surface area contributed by atoms with E-state index in [2.05, 4.69) is 59.5 Å². The number of rotatable bonds is 14. The van der Waals surface area contributed by atoms with Crippen LogP contribution in [0.3, 0.4) is 0 Å². The highest BCUT2D eigenvalue weighted by Crippen LogP contribution is 2.54. The van der Waals surface area contributed by atoms with Crippen molar-refractivity contribution in [1.82, 2.24) is 24.6 Å². The number of nitrogens with zero attached hydrogens (tertiary/aromatic N) is 6. The summed E-state index contributed by atoms with van der Waals surface area (Å²) in [5.74, 6) is 3.64. The second kappa shape index (κ2) is 19.0. The highest BCUT2D eigenvalue weighted by atomic mass is 19.1. The lowest BCUT2D eigenvalue weighted by atomic mass is 9.77. The molecule has 2 saturated heterocycles. The van der Waals surface area contributed by atoms with Gasteiger partial charge in [-0.3, -0.25) is 4.68 Å². The molecule has 3 aliphatic rings. The van der Waals surface area contributed by atoms with Crippen LogP contribution in [0, 0.1) is 25.1 Å². The van der Waals surface area contributed by atoms with Gasteiger partial charge < -0.3 is 28.7 Å². The van der Waals surface area contributed by atoms with Crippen molar-refractivity contribution in [3.63, 3.8) is 0 Å². The Hall–Kier alpha value is -7.75. The number of aromatic nitrogens is 4. The average molecular weight is 975 g/mol. The van der Waals surface area contributed by atoms with Gasteiger partial charge in [-0.1, -0.05) is 109 Å². The van der Waals surface area contributed by atoms with Crippen LogP contribution in [-0.2, 0) is 21.6 Å². The lowest BCUT2D eigenvalue weighted by molar-refractivity contribution is 0.0214. The molecule has 0 radical (unpaired) electrons. The third-order valence-electron chi connectivity index (χ3n) is 14.6. The fourth-order valence-electron chi connectivity index (χ4n) is 10.9. The molecule has 0 spiro atoms. The first kappa shape index (κ1) is 47.6. The number of ether oxygens (including phenoxy) is 4. The minimum absolute atomic E-state index is 0.0421. The number of likely N-dealkylation sites (tertiary alicyclic amines) is 1. The molecule has 0 unspecified atom stereocenters. The normalized spacial score (nSPS) is 17.0. The number of carbonyl (C=O) groups is 1. The van der Waals surface area contributed by atoms with Gasteiger partial charge in [0, 0.05) is 59.9 Å². The number of hydrogen-bond acceptors (Lipinski definition) is 9. The zero-order valence-corrected chi connectivity index (χ0v) is 42.1. The van der Waals surface area contributed by atoms with Gasteiger partial charge in [0.15, 0.2) is 5.75 Å². The number of benzene rings is 6. The van der Waals surface area contributed by atoms with E-state index < -0.39 is 17.0 Å². The van der Waals surface area contributed by atoms with Crippen molar-refractivity contribution >= 4 is 33.7 Å². The van der Waals surface area contributed by atoms with E-state index in [9.17, 15) is 4.79 Å². The van der Waals surface area contributed by atoms with Crippen LogP contribution in [0.2, 0.25) is 0 Å². The maximum atomic E-state index is 17.2. The topological polar surface area (TPSA) is 104 Å². The Balaban J connectivity index is 1.17. The van der Waals surface area contributed by atoms with Gasteiger partial charge in [0.05, 0.1) is 23.7 Å². The van der Waals surface area contributed by atoms with E-state index in [0.29, 0.717) is 46.8 Å². The predicted octanol–water partition coefficient (Wildman–Crippen LogP) is 12.0. The number of amides is 1. The molecule has 6 aromatic carbocycles. The molecule has 0 N–H and O–H groups in total. The van der Waals surface area contributed by atoms with E-state index >= 15 is 4.39 Å². The SMILES string of the molecule is C#Cc1ccc(COc2c(-c3c(C)c(F)cc4nn(C(c5ccccc5)(c5ccccc5)c5ccccc5)cc34)c(C3CC3)cc3c(N4C[C@@H]5C[C@H]4CN5C(=O)OC(C)(C)C)nc(OC[C@H](C)OC)nc23)cc1. The number of terminal acetylenes is 1. The Labute approximate surface area is 425 Å². The second-order valence-corrected chi connectivity index (χ2v) is 20.7. The summed E-state index contributed by atoms with van der Waals surface area (Å²) < 4.78 is 44.3. The van der Waals surface area contributed by atoms with Crippen molar-refractivity contribution in [2.24, 2.45) is 0 Å². The summed E-state index contributed by atoms with van der Waals surface area (Å²) in [5, 5.41) is 6.94. The maximum absolute atomic E-state index is 17.2.